The number of rotatable bonds is 4. The number of ether oxygens (including phenoxy) is 1. The molecule has 0 aliphatic carbocycles. The summed E-state index contributed by atoms with van der Waals surface area (Å²) in [5.74, 6) is -2.34. The molecule has 2 unspecified atom stereocenters. The quantitative estimate of drug-likeness (QED) is 0.822. The van der Waals surface area contributed by atoms with Gasteiger partial charge in [-0.15, -0.1) is 0 Å². The zero-order valence-corrected chi connectivity index (χ0v) is 8.98. The van der Waals surface area contributed by atoms with Gasteiger partial charge in [0.2, 0.25) is 0 Å². The Balaban J connectivity index is 3.04. The minimum absolute atomic E-state index is 0.0825. The standard InChI is InChI=1S/C11H13FO4/c1-6(13)7(2)16-9-5-3-4-8(12)10(9)11(14)15/h3-7,13H,1-2H3,(H,14,15). The first-order chi connectivity index (χ1) is 7.43. The zero-order valence-electron chi connectivity index (χ0n) is 8.98. The molecule has 0 bridgehead atoms. The summed E-state index contributed by atoms with van der Waals surface area (Å²) in [6.45, 7) is 3.08. The van der Waals surface area contributed by atoms with Crippen LogP contribution < -0.4 is 4.74 Å². The summed E-state index contributed by atoms with van der Waals surface area (Å²) in [6.07, 6.45) is -1.38. The maximum absolute atomic E-state index is 13.2. The third kappa shape index (κ3) is 2.70. The zero-order chi connectivity index (χ0) is 12.3. The van der Waals surface area contributed by atoms with Crippen LogP contribution in [-0.2, 0) is 0 Å². The molecular formula is C11H13FO4. The largest absolute Gasteiger partial charge is 0.487 e. The number of hydrogen-bond acceptors (Lipinski definition) is 3. The maximum atomic E-state index is 13.2. The Hall–Kier alpha value is -1.62. The Kier molecular flexibility index (Phi) is 3.84. The normalized spacial score (nSPS) is 14.2. The minimum Gasteiger partial charge on any atom is -0.487 e. The number of aliphatic hydroxyl groups excluding tert-OH is 1. The van der Waals surface area contributed by atoms with Crippen LogP contribution in [0.25, 0.3) is 0 Å². The van der Waals surface area contributed by atoms with E-state index in [1.807, 2.05) is 0 Å². The lowest BCUT2D eigenvalue weighted by atomic mass is 10.2. The Morgan fingerprint density at radius 3 is 2.56 bits per heavy atom. The monoisotopic (exact) mass is 228 g/mol. The molecule has 0 aliphatic heterocycles. The van der Waals surface area contributed by atoms with Gasteiger partial charge in [-0.05, 0) is 26.0 Å². The molecule has 0 aromatic heterocycles. The predicted octanol–water partition coefficient (Wildman–Crippen LogP) is 1.67. The molecule has 0 saturated carbocycles. The Morgan fingerprint density at radius 1 is 1.44 bits per heavy atom. The van der Waals surface area contributed by atoms with Gasteiger partial charge in [-0.3, -0.25) is 0 Å². The highest BCUT2D eigenvalue weighted by Crippen LogP contribution is 2.23. The summed E-state index contributed by atoms with van der Waals surface area (Å²) in [4.78, 5) is 10.8. The second-order valence-corrected chi connectivity index (χ2v) is 3.48. The molecule has 16 heavy (non-hydrogen) atoms. The molecule has 5 heteroatoms. The molecule has 0 aliphatic rings. The predicted molar refractivity (Wildman–Crippen MR) is 55.1 cm³/mol. The molecule has 0 amide bonds. The van der Waals surface area contributed by atoms with Crippen molar-refractivity contribution in [2.45, 2.75) is 26.1 Å². The summed E-state index contributed by atoms with van der Waals surface area (Å²) >= 11 is 0. The van der Waals surface area contributed by atoms with Gasteiger partial charge < -0.3 is 14.9 Å². The summed E-state index contributed by atoms with van der Waals surface area (Å²) in [5.41, 5.74) is -0.519. The van der Waals surface area contributed by atoms with Crippen molar-refractivity contribution in [2.75, 3.05) is 0 Å². The topological polar surface area (TPSA) is 66.8 Å². The molecule has 1 aromatic carbocycles. The van der Waals surface area contributed by atoms with E-state index in [9.17, 15) is 14.3 Å². The van der Waals surface area contributed by atoms with E-state index in [0.717, 1.165) is 6.07 Å². The van der Waals surface area contributed by atoms with Crippen LogP contribution in [0, 0.1) is 5.82 Å². The molecule has 0 saturated heterocycles. The van der Waals surface area contributed by atoms with Crippen LogP contribution in [0.3, 0.4) is 0 Å². The lowest BCUT2D eigenvalue weighted by Gasteiger charge is -2.18. The number of aromatic carboxylic acids is 1. The number of carbonyl (C=O) groups is 1. The number of aliphatic hydroxyl groups is 1. The first-order valence-corrected chi connectivity index (χ1v) is 4.80. The van der Waals surface area contributed by atoms with Crippen LogP contribution in [0.4, 0.5) is 4.39 Å². The lowest BCUT2D eigenvalue weighted by molar-refractivity contribution is 0.0554. The van der Waals surface area contributed by atoms with Crippen molar-refractivity contribution in [3.8, 4) is 5.75 Å². The molecular weight excluding hydrogens is 215 g/mol. The van der Waals surface area contributed by atoms with Gasteiger partial charge in [-0.1, -0.05) is 6.07 Å². The van der Waals surface area contributed by atoms with Crippen LogP contribution in [0.2, 0.25) is 0 Å². The van der Waals surface area contributed by atoms with Gasteiger partial charge >= 0.3 is 5.97 Å². The van der Waals surface area contributed by atoms with E-state index in [-0.39, 0.29) is 5.75 Å². The molecule has 0 spiro atoms. The van der Waals surface area contributed by atoms with Crippen molar-refractivity contribution in [2.24, 2.45) is 0 Å². The third-order valence-electron chi connectivity index (χ3n) is 2.18. The number of carboxylic acids is 1. The van der Waals surface area contributed by atoms with Crippen LogP contribution >= 0.6 is 0 Å². The second kappa shape index (κ2) is 4.94. The lowest BCUT2D eigenvalue weighted by Crippen LogP contribution is -2.26. The highest BCUT2D eigenvalue weighted by atomic mass is 19.1. The van der Waals surface area contributed by atoms with Crippen molar-refractivity contribution in [3.05, 3.63) is 29.6 Å². The van der Waals surface area contributed by atoms with Gasteiger partial charge in [0, 0.05) is 0 Å². The summed E-state index contributed by atoms with van der Waals surface area (Å²) in [6, 6.07) is 3.75. The maximum Gasteiger partial charge on any atom is 0.342 e. The van der Waals surface area contributed by atoms with Crippen molar-refractivity contribution in [1.29, 1.82) is 0 Å². The van der Waals surface area contributed by atoms with Gasteiger partial charge in [0.15, 0.2) is 0 Å². The van der Waals surface area contributed by atoms with E-state index in [1.54, 1.807) is 6.92 Å². The average molecular weight is 228 g/mol. The fourth-order valence-electron chi connectivity index (χ4n) is 1.11. The average Bonchev–Trinajstić information content (AvgIpc) is 2.16. The Morgan fingerprint density at radius 2 is 2.06 bits per heavy atom. The first kappa shape index (κ1) is 12.4. The first-order valence-electron chi connectivity index (χ1n) is 4.80. The van der Waals surface area contributed by atoms with Crippen molar-refractivity contribution in [1.82, 2.24) is 0 Å². The van der Waals surface area contributed by atoms with Gasteiger partial charge in [0.25, 0.3) is 0 Å². The molecule has 0 radical (unpaired) electrons. The molecule has 4 nitrogen and oxygen atoms in total. The molecule has 0 heterocycles. The van der Waals surface area contributed by atoms with E-state index in [2.05, 4.69) is 0 Å². The van der Waals surface area contributed by atoms with Crippen LogP contribution in [0.5, 0.6) is 5.75 Å². The van der Waals surface area contributed by atoms with Crippen LogP contribution in [0.1, 0.15) is 24.2 Å². The smallest absolute Gasteiger partial charge is 0.342 e. The minimum atomic E-state index is -1.40. The number of halogens is 1. The molecule has 2 N–H and O–H groups in total. The summed E-state index contributed by atoms with van der Waals surface area (Å²) < 4.78 is 18.4. The van der Waals surface area contributed by atoms with Crippen molar-refractivity contribution in [3.63, 3.8) is 0 Å². The number of carboxylic acid groups (broad SMARTS) is 1. The molecule has 2 atom stereocenters. The number of hydrogen-bond donors (Lipinski definition) is 2. The Bertz CT molecular complexity index is 390. The van der Waals surface area contributed by atoms with E-state index in [0.29, 0.717) is 0 Å². The van der Waals surface area contributed by atoms with E-state index >= 15 is 0 Å². The molecule has 1 aromatic rings. The van der Waals surface area contributed by atoms with E-state index < -0.39 is 29.6 Å². The second-order valence-electron chi connectivity index (χ2n) is 3.48. The van der Waals surface area contributed by atoms with Gasteiger partial charge in [0.05, 0.1) is 6.10 Å². The summed E-state index contributed by atoms with van der Waals surface area (Å²) in [5, 5.41) is 18.0. The van der Waals surface area contributed by atoms with Crippen molar-refractivity contribution >= 4 is 5.97 Å². The number of benzene rings is 1. The van der Waals surface area contributed by atoms with E-state index in [4.69, 9.17) is 9.84 Å². The fraction of sp³-hybridized carbons (Fsp3) is 0.364. The summed E-state index contributed by atoms with van der Waals surface area (Å²) in [7, 11) is 0. The van der Waals surface area contributed by atoms with Crippen molar-refractivity contribution < 1.29 is 24.1 Å². The molecule has 88 valence electrons. The van der Waals surface area contributed by atoms with Gasteiger partial charge in [-0.25, -0.2) is 9.18 Å². The third-order valence-corrected chi connectivity index (χ3v) is 2.18. The molecule has 1 rings (SSSR count). The van der Waals surface area contributed by atoms with Gasteiger partial charge in [0.1, 0.15) is 23.2 Å². The van der Waals surface area contributed by atoms with Crippen LogP contribution in [-0.4, -0.2) is 28.4 Å². The highest BCUT2D eigenvalue weighted by Gasteiger charge is 2.19. The van der Waals surface area contributed by atoms with Gasteiger partial charge in [-0.2, -0.15) is 0 Å². The Labute approximate surface area is 92.3 Å². The molecule has 0 fully saturated rings. The highest BCUT2D eigenvalue weighted by molar-refractivity contribution is 5.91. The SMILES string of the molecule is CC(O)C(C)Oc1cccc(F)c1C(=O)O. The van der Waals surface area contributed by atoms with Crippen LogP contribution in [0.15, 0.2) is 18.2 Å². The fourth-order valence-corrected chi connectivity index (χ4v) is 1.11. The van der Waals surface area contributed by atoms with E-state index in [1.165, 1.54) is 19.1 Å².